The van der Waals surface area contributed by atoms with Gasteiger partial charge in [0.2, 0.25) is 0 Å². The van der Waals surface area contributed by atoms with Gasteiger partial charge < -0.3 is 4.74 Å². The minimum absolute atomic E-state index is 0.0132. The molecule has 0 fully saturated rings. The molecule has 0 aromatic heterocycles. The van der Waals surface area contributed by atoms with Gasteiger partial charge in [0.05, 0.1) is 0 Å². The molecule has 1 atom stereocenters. The van der Waals surface area contributed by atoms with E-state index >= 15 is 0 Å². The highest BCUT2D eigenvalue weighted by atomic mass is 16.5. The Morgan fingerprint density at radius 2 is 2.13 bits per heavy atom. The molecule has 0 aliphatic heterocycles. The number of hydrogen-bond donors (Lipinski definition) is 3. The molecule has 0 bridgehead atoms. The number of rotatable bonds is 5. The summed E-state index contributed by atoms with van der Waals surface area (Å²) in [5, 5.41) is 16.1. The van der Waals surface area contributed by atoms with Gasteiger partial charge >= 0.3 is 0 Å². The number of para-hydroxylation sites is 1. The van der Waals surface area contributed by atoms with Crippen LogP contribution in [0.25, 0.3) is 0 Å². The van der Waals surface area contributed by atoms with Crippen LogP contribution < -0.4 is 10.2 Å². The number of hydroxylamine groups is 1. The SMILES string of the molecule is CCCC(Oc1ccccc1)C(=N)NO. The molecule has 82 valence electrons. The van der Waals surface area contributed by atoms with Crippen molar-refractivity contribution in [1.29, 1.82) is 5.41 Å². The molecule has 0 heterocycles. The third kappa shape index (κ3) is 3.59. The summed E-state index contributed by atoms with van der Waals surface area (Å²) in [6.07, 6.45) is 1.17. The summed E-state index contributed by atoms with van der Waals surface area (Å²) in [6, 6.07) is 9.29. The molecule has 0 saturated carbocycles. The van der Waals surface area contributed by atoms with E-state index in [-0.39, 0.29) is 5.84 Å². The standard InChI is InChI=1S/C11H16N2O2/c1-2-6-10(11(12)13-14)15-9-7-4-3-5-8-9/h3-5,7-8,10,14H,2,6H2,1H3,(H2,12,13). The van der Waals surface area contributed by atoms with Crippen LogP contribution in [0.4, 0.5) is 0 Å². The van der Waals surface area contributed by atoms with Gasteiger partial charge in [-0.3, -0.25) is 16.1 Å². The summed E-state index contributed by atoms with van der Waals surface area (Å²) in [5.41, 5.74) is 1.83. The van der Waals surface area contributed by atoms with Crippen molar-refractivity contribution in [3.05, 3.63) is 30.3 Å². The van der Waals surface area contributed by atoms with Gasteiger partial charge in [0.1, 0.15) is 5.75 Å². The van der Waals surface area contributed by atoms with Crippen LogP contribution in [0.3, 0.4) is 0 Å². The van der Waals surface area contributed by atoms with E-state index in [1.54, 1.807) is 0 Å². The van der Waals surface area contributed by atoms with Gasteiger partial charge in [-0.25, -0.2) is 0 Å². The van der Waals surface area contributed by atoms with Crippen molar-refractivity contribution in [2.75, 3.05) is 0 Å². The van der Waals surface area contributed by atoms with Gasteiger partial charge in [-0.2, -0.15) is 0 Å². The lowest BCUT2D eigenvalue weighted by molar-refractivity contribution is 0.192. The molecule has 1 aromatic rings. The molecular formula is C11H16N2O2. The van der Waals surface area contributed by atoms with Crippen LogP contribution in [-0.4, -0.2) is 17.1 Å². The highest BCUT2D eigenvalue weighted by Gasteiger charge is 2.14. The molecular weight excluding hydrogens is 192 g/mol. The van der Waals surface area contributed by atoms with Crippen LogP contribution in [0.2, 0.25) is 0 Å². The molecule has 1 rings (SSSR count). The molecule has 4 heteroatoms. The molecule has 0 aliphatic carbocycles. The predicted octanol–water partition coefficient (Wildman–Crippen LogP) is 2.19. The fourth-order valence-corrected chi connectivity index (χ4v) is 1.26. The van der Waals surface area contributed by atoms with E-state index in [0.717, 1.165) is 6.42 Å². The molecule has 0 aliphatic rings. The molecule has 15 heavy (non-hydrogen) atoms. The molecule has 0 amide bonds. The van der Waals surface area contributed by atoms with Crippen LogP contribution in [0.1, 0.15) is 19.8 Å². The van der Waals surface area contributed by atoms with E-state index < -0.39 is 6.10 Å². The lowest BCUT2D eigenvalue weighted by Gasteiger charge is -2.18. The fourth-order valence-electron chi connectivity index (χ4n) is 1.26. The summed E-state index contributed by atoms with van der Waals surface area (Å²) in [6.45, 7) is 2.01. The minimum Gasteiger partial charge on any atom is -0.482 e. The third-order valence-electron chi connectivity index (χ3n) is 2.01. The third-order valence-corrected chi connectivity index (χ3v) is 2.01. The summed E-state index contributed by atoms with van der Waals surface area (Å²) >= 11 is 0. The Labute approximate surface area is 89.4 Å². The average Bonchev–Trinajstić information content (AvgIpc) is 2.29. The monoisotopic (exact) mass is 208 g/mol. The van der Waals surface area contributed by atoms with E-state index in [1.807, 2.05) is 42.7 Å². The smallest absolute Gasteiger partial charge is 0.159 e. The van der Waals surface area contributed by atoms with Crippen LogP contribution in [0, 0.1) is 5.41 Å². The summed E-state index contributed by atoms with van der Waals surface area (Å²) in [7, 11) is 0. The minimum atomic E-state index is -0.414. The fraction of sp³-hybridized carbons (Fsp3) is 0.364. The Morgan fingerprint density at radius 1 is 1.47 bits per heavy atom. The largest absolute Gasteiger partial charge is 0.482 e. The number of nitrogens with one attached hydrogen (secondary N) is 2. The lowest BCUT2D eigenvalue weighted by atomic mass is 10.2. The summed E-state index contributed by atoms with van der Waals surface area (Å²) in [4.78, 5) is 0. The van der Waals surface area contributed by atoms with Crippen molar-refractivity contribution >= 4 is 5.84 Å². The summed E-state index contributed by atoms with van der Waals surface area (Å²) < 4.78 is 5.56. The second-order valence-corrected chi connectivity index (χ2v) is 3.23. The van der Waals surface area contributed by atoms with Gasteiger partial charge in [-0.15, -0.1) is 0 Å². The van der Waals surface area contributed by atoms with E-state index in [9.17, 15) is 0 Å². The Kier molecular flexibility index (Phi) is 4.63. The Hall–Kier alpha value is -1.55. The quantitative estimate of drug-likeness (QED) is 0.395. The van der Waals surface area contributed by atoms with E-state index in [1.165, 1.54) is 0 Å². The van der Waals surface area contributed by atoms with Gasteiger partial charge in [-0.1, -0.05) is 31.5 Å². The molecule has 0 spiro atoms. The Bertz CT molecular complexity index is 301. The van der Waals surface area contributed by atoms with E-state index in [4.69, 9.17) is 15.4 Å². The zero-order valence-corrected chi connectivity index (χ0v) is 8.73. The number of ether oxygens (including phenoxy) is 1. The summed E-state index contributed by atoms with van der Waals surface area (Å²) in [5.74, 6) is 0.691. The number of hydrogen-bond acceptors (Lipinski definition) is 3. The maximum Gasteiger partial charge on any atom is 0.159 e. The first-order valence-corrected chi connectivity index (χ1v) is 4.98. The first-order chi connectivity index (χ1) is 7.27. The van der Waals surface area contributed by atoms with Crippen molar-refractivity contribution < 1.29 is 9.94 Å². The van der Waals surface area contributed by atoms with Crippen molar-refractivity contribution in [3.8, 4) is 5.75 Å². The second-order valence-electron chi connectivity index (χ2n) is 3.23. The second kappa shape index (κ2) is 6.03. The predicted molar refractivity (Wildman–Crippen MR) is 58.4 cm³/mol. The Morgan fingerprint density at radius 3 is 2.67 bits per heavy atom. The van der Waals surface area contributed by atoms with Crippen molar-refractivity contribution in [2.45, 2.75) is 25.9 Å². The van der Waals surface area contributed by atoms with Crippen LogP contribution in [0.15, 0.2) is 30.3 Å². The van der Waals surface area contributed by atoms with Crippen LogP contribution in [0.5, 0.6) is 5.75 Å². The number of amidine groups is 1. The first-order valence-electron chi connectivity index (χ1n) is 4.98. The maximum absolute atomic E-state index is 8.66. The molecule has 3 N–H and O–H groups in total. The average molecular weight is 208 g/mol. The van der Waals surface area contributed by atoms with Crippen LogP contribution in [-0.2, 0) is 0 Å². The highest BCUT2D eigenvalue weighted by molar-refractivity contribution is 5.82. The van der Waals surface area contributed by atoms with Crippen molar-refractivity contribution in [1.82, 2.24) is 5.48 Å². The topological polar surface area (TPSA) is 65.3 Å². The van der Waals surface area contributed by atoms with E-state index in [0.29, 0.717) is 12.2 Å². The maximum atomic E-state index is 8.66. The van der Waals surface area contributed by atoms with Gasteiger partial charge in [-0.05, 0) is 18.6 Å². The lowest BCUT2D eigenvalue weighted by Crippen LogP contribution is -2.35. The Balaban J connectivity index is 2.62. The van der Waals surface area contributed by atoms with Crippen molar-refractivity contribution in [3.63, 3.8) is 0 Å². The molecule has 4 nitrogen and oxygen atoms in total. The van der Waals surface area contributed by atoms with Crippen LogP contribution >= 0.6 is 0 Å². The zero-order chi connectivity index (χ0) is 11.1. The molecule has 1 aromatic carbocycles. The van der Waals surface area contributed by atoms with Gasteiger partial charge in [0, 0.05) is 0 Å². The van der Waals surface area contributed by atoms with Gasteiger partial charge in [0.15, 0.2) is 11.9 Å². The molecule has 0 saturated heterocycles. The van der Waals surface area contributed by atoms with E-state index in [2.05, 4.69) is 0 Å². The normalized spacial score (nSPS) is 11.9. The van der Waals surface area contributed by atoms with Gasteiger partial charge in [0.25, 0.3) is 0 Å². The molecule has 0 radical (unpaired) electrons. The number of benzene rings is 1. The zero-order valence-electron chi connectivity index (χ0n) is 8.73. The highest BCUT2D eigenvalue weighted by Crippen LogP contribution is 2.13. The molecule has 1 unspecified atom stereocenters. The first kappa shape index (κ1) is 11.5. The van der Waals surface area contributed by atoms with Crippen molar-refractivity contribution in [2.24, 2.45) is 0 Å².